The van der Waals surface area contributed by atoms with Crippen LogP contribution in [-0.2, 0) is 4.79 Å². The van der Waals surface area contributed by atoms with Gasteiger partial charge in [0.15, 0.2) is 0 Å². The maximum Gasteiger partial charge on any atom is 0.310 e. The summed E-state index contributed by atoms with van der Waals surface area (Å²) in [6.07, 6.45) is 6.68. The molecule has 1 aliphatic carbocycles. The van der Waals surface area contributed by atoms with Crippen LogP contribution in [0, 0.1) is 5.92 Å². The number of aliphatic carboxylic acids is 1. The topological polar surface area (TPSA) is 59.4 Å². The van der Waals surface area contributed by atoms with Gasteiger partial charge in [0, 0.05) is 12.3 Å². The van der Waals surface area contributed by atoms with Crippen molar-refractivity contribution in [1.82, 2.24) is 4.98 Å². The summed E-state index contributed by atoms with van der Waals surface area (Å²) in [4.78, 5) is 15.0. The van der Waals surface area contributed by atoms with Crippen molar-refractivity contribution in [2.75, 3.05) is 6.61 Å². The van der Waals surface area contributed by atoms with Crippen LogP contribution in [-0.4, -0.2) is 22.7 Å². The first-order chi connectivity index (χ1) is 8.66. The summed E-state index contributed by atoms with van der Waals surface area (Å²) in [6.45, 7) is 2.37. The van der Waals surface area contributed by atoms with Gasteiger partial charge in [0.25, 0.3) is 0 Å². The maximum atomic E-state index is 10.8. The molecule has 0 amide bonds. The Morgan fingerprint density at radius 1 is 1.50 bits per heavy atom. The largest absolute Gasteiger partial charge is 0.481 e. The molecule has 0 aliphatic heterocycles. The van der Waals surface area contributed by atoms with Crippen LogP contribution in [0.3, 0.4) is 0 Å². The minimum Gasteiger partial charge on any atom is -0.481 e. The Kier molecular flexibility index (Phi) is 4.18. The predicted octanol–water partition coefficient (Wildman–Crippen LogP) is 2.84. The number of pyridine rings is 1. The Morgan fingerprint density at radius 3 is 2.78 bits per heavy atom. The van der Waals surface area contributed by atoms with Crippen molar-refractivity contribution in [3.63, 3.8) is 0 Å². The van der Waals surface area contributed by atoms with Crippen LogP contribution < -0.4 is 4.74 Å². The second-order valence-electron chi connectivity index (χ2n) is 4.95. The normalized spacial score (nSPS) is 17.6. The summed E-state index contributed by atoms with van der Waals surface area (Å²) in [5, 5.41) is 8.89. The van der Waals surface area contributed by atoms with E-state index in [0.29, 0.717) is 17.4 Å². The summed E-state index contributed by atoms with van der Waals surface area (Å²) in [5.41, 5.74) is 0.704. The number of carboxylic acids is 1. The fourth-order valence-electron chi connectivity index (χ4n) is 2.26. The molecule has 1 aromatic rings. The molecule has 1 unspecified atom stereocenters. The molecule has 1 saturated carbocycles. The standard InChI is InChI=1S/C14H19NO3/c1-10(14(16)17)12-6-7-13(15-8-12)18-9-11-4-2-3-5-11/h6-8,10-11H,2-5,9H2,1H3,(H,16,17). The van der Waals surface area contributed by atoms with Crippen LogP contribution >= 0.6 is 0 Å². The zero-order valence-corrected chi connectivity index (χ0v) is 10.6. The molecule has 98 valence electrons. The van der Waals surface area contributed by atoms with E-state index in [2.05, 4.69) is 4.98 Å². The zero-order valence-electron chi connectivity index (χ0n) is 10.6. The van der Waals surface area contributed by atoms with Gasteiger partial charge in [-0.1, -0.05) is 18.9 Å². The van der Waals surface area contributed by atoms with E-state index < -0.39 is 11.9 Å². The highest BCUT2D eigenvalue weighted by molar-refractivity contribution is 5.75. The predicted molar refractivity (Wildman–Crippen MR) is 67.7 cm³/mol. The van der Waals surface area contributed by atoms with Crippen molar-refractivity contribution in [3.8, 4) is 5.88 Å². The van der Waals surface area contributed by atoms with E-state index in [1.807, 2.05) is 0 Å². The smallest absolute Gasteiger partial charge is 0.310 e. The summed E-state index contributed by atoms with van der Waals surface area (Å²) in [5.74, 6) is -0.120. The molecule has 18 heavy (non-hydrogen) atoms. The van der Waals surface area contributed by atoms with E-state index >= 15 is 0 Å². The highest BCUT2D eigenvalue weighted by atomic mass is 16.5. The van der Waals surface area contributed by atoms with Gasteiger partial charge in [-0.2, -0.15) is 0 Å². The van der Waals surface area contributed by atoms with Gasteiger partial charge in [-0.05, 0) is 31.2 Å². The third-order valence-electron chi connectivity index (χ3n) is 3.57. The molecule has 1 aliphatic rings. The minimum atomic E-state index is -0.837. The zero-order chi connectivity index (χ0) is 13.0. The molecule has 0 spiro atoms. The number of rotatable bonds is 5. The Bertz CT molecular complexity index is 396. The maximum absolute atomic E-state index is 10.8. The van der Waals surface area contributed by atoms with Crippen molar-refractivity contribution in [3.05, 3.63) is 23.9 Å². The van der Waals surface area contributed by atoms with Gasteiger partial charge < -0.3 is 9.84 Å². The molecule has 1 aromatic heterocycles. The molecule has 4 heteroatoms. The third-order valence-corrected chi connectivity index (χ3v) is 3.57. The van der Waals surface area contributed by atoms with Crippen LogP contribution in [0.5, 0.6) is 5.88 Å². The van der Waals surface area contributed by atoms with Crippen LogP contribution in [0.15, 0.2) is 18.3 Å². The van der Waals surface area contributed by atoms with Gasteiger partial charge >= 0.3 is 5.97 Å². The van der Waals surface area contributed by atoms with E-state index in [0.717, 1.165) is 6.61 Å². The molecule has 1 fully saturated rings. The first-order valence-electron chi connectivity index (χ1n) is 6.48. The monoisotopic (exact) mass is 249 g/mol. The molecule has 4 nitrogen and oxygen atoms in total. The van der Waals surface area contributed by atoms with Crippen molar-refractivity contribution < 1.29 is 14.6 Å². The number of hydrogen-bond donors (Lipinski definition) is 1. The van der Waals surface area contributed by atoms with E-state index in [1.165, 1.54) is 25.7 Å². The number of aromatic nitrogens is 1. The van der Waals surface area contributed by atoms with E-state index in [1.54, 1.807) is 25.3 Å². The lowest BCUT2D eigenvalue weighted by molar-refractivity contribution is -0.138. The third kappa shape index (κ3) is 3.22. The second-order valence-corrected chi connectivity index (χ2v) is 4.95. The number of nitrogens with zero attached hydrogens (tertiary/aromatic N) is 1. The lowest BCUT2D eigenvalue weighted by Crippen LogP contribution is -2.10. The van der Waals surface area contributed by atoms with Crippen LogP contribution in [0.4, 0.5) is 0 Å². The second kappa shape index (κ2) is 5.85. The van der Waals surface area contributed by atoms with Crippen LogP contribution in [0.25, 0.3) is 0 Å². The fraction of sp³-hybridized carbons (Fsp3) is 0.571. The van der Waals surface area contributed by atoms with Crippen molar-refractivity contribution in [1.29, 1.82) is 0 Å². The van der Waals surface area contributed by atoms with E-state index in [9.17, 15) is 4.79 Å². The molecule has 0 aromatic carbocycles. The molecular formula is C14H19NO3. The highest BCUT2D eigenvalue weighted by Crippen LogP contribution is 2.25. The van der Waals surface area contributed by atoms with Gasteiger partial charge in [0.2, 0.25) is 5.88 Å². The molecular weight excluding hydrogens is 230 g/mol. The van der Waals surface area contributed by atoms with Gasteiger partial charge in [-0.25, -0.2) is 4.98 Å². The Hall–Kier alpha value is -1.58. The minimum absolute atomic E-state index is 0.526. The van der Waals surface area contributed by atoms with Crippen molar-refractivity contribution in [2.24, 2.45) is 5.92 Å². The number of hydrogen-bond acceptors (Lipinski definition) is 3. The lowest BCUT2D eigenvalue weighted by atomic mass is 10.0. The van der Waals surface area contributed by atoms with Crippen LogP contribution in [0.2, 0.25) is 0 Å². The Labute approximate surface area is 107 Å². The van der Waals surface area contributed by atoms with E-state index in [4.69, 9.17) is 9.84 Å². The molecule has 0 radical (unpaired) electrons. The highest BCUT2D eigenvalue weighted by Gasteiger charge is 2.16. The first kappa shape index (κ1) is 12.9. The Morgan fingerprint density at radius 2 is 2.22 bits per heavy atom. The number of ether oxygens (including phenoxy) is 1. The SMILES string of the molecule is CC(C(=O)O)c1ccc(OCC2CCCC2)nc1. The molecule has 0 bridgehead atoms. The lowest BCUT2D eigenvalue weighted by Gasteiger charge is -2.11. The fourth-order valence-corrected chi connectivity index (χ4v) is 2.26. The van der Waals surface area contributed by atoms with Gasteiger partial charge in [0.1, 0.15) is 0 Å². The van der Waals surface area contributed by atoms with Crippen molar-refractivity contribution in [2.45, 2.75) is 38.5 Å². The molecule has 0 saturated heterocycles. The van der Waals surface area contributed by atoms with Gasteiger partial charge in [-0.3, -0.25) is 4.79 Å². The Balaban J connectivity index is 1.88. The summed E-state index contributed by atoms with van der Waals surface area (Å²) in [7, 11) is 0. The van der Waals surface area contributed by atoms with Gasteiger partial charge in [-0.15, -0.1) is 0 Å². The molecule has 1 N–H and O–H groups in total. The average molecular weight is 249 g/mol. The van der Waals surface area contributed by atoms with Crippen LogP contribution in [0.1, 0.15) is 44.1 Å². The van der Waals surface area contributed by atoms with E-state index in [-0.39, 0.29) is 0 Å². The molecule has 2 rings (SSSR count). The summed E-state index contributed by atoms with van der Waals surface area (Å²) in [6, 6.07) is 3.53. The molecule has 1 atom stereocenters. The van der Waals surface area contributed by atoms with Crippen molar-refractivity contribution >= 4 is 5.97 Å². The number of carbonyl (C=O) groups is 1. The molecule has 1 heterocycles. The van der Waals surface area contributed by atoms with Gasteiger partial charge in [0.05, 0.1) is 12.5 Å². The average Bonchev–Trinajstić information content (AvgIpc) is 2.89. The number of carboxylic acid groups (broad SMARTS) is 1. The first-order valence-corrected chi connectivity index (χ1v) is 6.48. The summed E-state index contributed by atoms with van der Waals surface area (Å²) < 4.78 is 5.63. The summed E-state index contributed by atoms with van der Waals surface area (Å²) >= 11 is 0. The quantitative estimate of drug-likeness (QED) is 0.871.